The SMILES string of the molecule is NC1CN(CC23CC4CC(CC(C4)C2)C3)C1. The Morgan fingerprint density at radius 2 is 1.44 bits per heavy atom. The zero-order valence-electron chi connectivity index (χ0n) is 10.2. The van der Waals surface area contributed by atoms with Crippen LogP contribution in [0.1, 0.15) is 38.5 Å². The van der Waals surface area contributed by atoms with Crippen molar-refractivity contribution in [2.24, 2.45) is 28.9 Å². The second-order valence-electron chi connectivity index (χ2n) is 7.37. The van der Waals surface area contributed by atoms with Gasteiger partial charge < -0.3 is 5.73 Å². The minimum atomic E-state index is 0.480. The lowest BCUT2D eigenvalue weighted by Gasteiger charge is -2.59. The molecule has 5 aliphatic rings. The summed E-state index contributed by atoms with van der Waals surface area (Å²) in [5, 5.41) is 0. The number of nitrogens with two attached hydrogens (primary N) is 1. The van der Waals surface area contributed by atoms with Crippen molar-refractivity contribution in [3.63, 3.8) is 0 Å². The molecule has 90 valence electrons. The average Bonchev–Trinajstić information content (AvgIpc) is 2.12. The van der Waals surface area contributed by atoms with Gasteiger partial charge in [-0.1, -0.05) is 0 Å². The molecule has 0 atom stereocenters. The molecule has 1 heterocycles. The summed E-state index contributed by atoms with van der Waals surface area (Å²) >= 11 is 0. The van der Waals surface area contributed by atoms with Crippen LogP contribution in [-0.2, 0) is 0 Å². The highest BCUT2D eigenvalue weighted by molar-refractivity contribution is 5.03. The van der Waals surface area contributed by atoms with Gasteiger partial charge in [0, 0.05) is 25.7 Å². The van der Waals surface area contributed by atoms with Crippen LogP contribution in [0.5, 0.6) is 0 Å². The lowest BCUT2D eigenvalue weighted by atomic mass is 9.49. The predicted molar refractivity (Wildman–Crippen MR) is 65.0 cm³/mol. The van der Waals surface area contributed by atoms with Crippen molar-refractivity contribution in [2.45, 2.75) is 44.6 Å². The van der Waals surface area contributed by atoms with Crippen molar-refractivity contribution in [3.05, 3.63) is 0 Å². The largest absolute Gasteiger partial charge is 0.325 e. The van der Waals surface area contributed by atoms with E-state index in [-0.39, 0.29) is 0 Å². The molecule has 2 N–H and O–H groups in total. The number of rotatable bonds is 2. The van der Waals surface area contributed by atoms with Gasteiger partial charge in [0.05, 0.1) is 0 Å². The first kappa shape index (κ1) is 9.90. The van der Waals surface area contributed by atoms with Crippen LogP contribution >= 0.6 is 0 Å². The minimum Gasteiger partial charge on any atom is -0.325 e. The second kappa shape index (κ2) is 3.23. The van der Waals surface area contributed by atoms with E-state index in [0.717, 1.165) is 23.2 Å². The smallest absolute Gasteiger partial charge is 0.0297 e. The Bertz CT molecular complexity index is 258. The zero-order valence-corrected chi connectivity index (χ0v) is 10.2. The molecule has 0 aromatic heterocycles. The van der Waals surface area contributed by atoms with E-state index >= 15 is 0 Å². The summed E-state index contributed by atoms with van der Waals surface area (Å²) in [4.78, 5) is 2.62. The highest BCUT2D eigenvalue weighted by atomic mass is 15.2. The number of nitrogens with zero attached hydrogens (tertiary/aromatic N) is 1. The molecule has 1 saturated heterocycles. The Morgan fingerprint density at radius 3 is 1.88 bits per heavy atom. The number of hydrogen-bond donors (Lipinski definition) is 1. The average molecular weight is 220 g/mol. The van der Waals surface area contributed by atoms with Gasteiger partial charge in [-0.15, -0.1) is 0 Å². The lowest BCUT2D eigenvalue weighted by Crippen LogP contribution is -2.60. The first-order valence-electron chi connectivity index (χ1n) is 7.19. The molecule has 0 amide bonds. The van der Waals surface area contributed by atoms with E-state index in [0.29, 0.717) is 6.04 Å². The third kappa shape index (κ3) is 1.46. The molecule has 1 aliphatic heterocycles. The molecule has 4 bridgehead atoms. The quantitative estimate of drug-likeness (QED) is 0.769. The van der Waals surface area contributed by atoms with Crippen molar-refractivity contribution in [1.82, 2.24) is 4.90 Å². The Morgan fingerprint density at radius 1 is 0.938 bits per heavy atom. The fourth-order valence-corrected chi connectivity index (χ4v) is 5.70. The van der Waals surface area contributed by atoms with Gasteiger partial charge in [-0.3, -0.25) is 4.90 Å². The molecular formula is C14H24N2. The van der Waals surface area contributed by atoms with Gasteiger partial charge in [-0.05, 0) is 61.7 Å². The van der Waals surface area contributed by atoms with Gasteiger partial charge in [0.1, 0.15) is 0 Å². The van der Waals surface area contributed by atoms with E-state index in [1.807, 2.05) is 0 Å². The lowest BCUT2D eigenvalue weighted by molar-refractivity contribution is -0.0786. The van der Waals surface area contributed by atoms with Gasteiger partial charge in [-0.25, -0.2) is 0 Å². The van der Waals surface area contributed by atoms with Crippen molar-refractivity contribution < 1.29 is 0 Å². The van der Waals surface area contributed by atoms with Crippen LogP contribution in [0.25, 0.3) is 0 Å². The molecule has 5 rings (SSSR count). The maximum Gasteiger partial charge on any atom is 0.0297 e. The predicted octanol–water partition coefficient (Wildman–Crippen LogP) is 1.85. The molecule has 0 unspecified atom stereocenters. The normalized spacial score (nSPS) is 51.9. The van der Waals surface area contributed by atoms with Gasteiger partial charge >= 0.3 is 0 Å². The van der Waals surface area contributed by atoms with Crippen LogP contribution in [0.15, 0.2) is 0 Å². The van der Waals surface area contributed by atoms with Crippen molar-refractivity contribution in [1.29, 1.82) is 0 Å². The molecule has 0 aromatic carbocycles. The maximum absolute atomic E-state index is 5.89. The number of likely N-dealkylation sites (tertiary alicyclic amines) is 1. The Hall–Kier alpha value is -0.0800. The molecule has 5 fully saturated rings. The Labute approximate surface area is 98.6 Å². The topological polar surface area (TPSA) is 29.3 Å². The van der Waals surface area contributed by atoms with Crippen LogP contribution in [0, 0.1) is 23.2 Å². The molecule has 0 spiro atoms. The van der Waals surface area contributed by atoms with Gasteiger partial charge in [0.25, 0.3) is 0 Å². The summed E-state index contributed by atoms with van der Waals surface area (Å²) in [5.74, 6) is 3.29. The summed E-state index contributed by atoms with van der Waals surface area (Å²) in [7, 11) is 0. The molecule has 4 saturated carbocycles. The summed E-state index contributed by atoms with van der Waals surface area (Å²) in [6.45, 7) is 3.72. The fraction of sp³-hybridized carbons (Fsp3) is 1.00. The van der Waals surface area contributed by atoms with Crippen LogP contribution in [0.3, 0.4) is 0 Å². The van der Waals surface area contributed by atoms with E-state index in [1.165, 1.54) is 19.6 Å². The minimum absolute atomic E-state index is 0.480. The summed E-state index contributed by atoms with van der Waals surface area (Å²) in [5.41, 5.74) is 6.63. The van der Waals surface area contributed by atoms with E-state index in [2.05, 4.69) is 4.90 Å². The molecule has 0 radical (unpaired) electrons. The highest BCUT2D eigenvalue weighted by Gasteiger charge is 2.51. The van der Waals surface area contributed by atoms with E-state index in [4.69, 9.17) is 5.73 Å². The van der Waals surface area contributed by atoms with Crippen molar-refractivity contribution >= 4 is 0 Å². The molecule has 0 aromatic rings. The third-order valence-corrected chi connectivity index (χ3v) is 5.71. The fourth-order valence-electron chi connectivity index (χ4n) is 5.70. The molecule has 4 aliphatic carbocycles. The summed E-state index contributed by atoms with van der Waals surface area (Å²) in [6, 6.07) is 0.480. The monoisotopic (exact) mass is 220 g/mol. The summed E-state index contributed by atoms with van der Waals surface area (Å²) in [6.07, 6.45) is 9.34. The van der Waals surface area contributed by atoms with Gasteiger partial charge in [-0.2, -0.15) is 0 Å². The maximum atomic E-state index is 5.89. The van der Waals surface area contributed by atoms with Gasteiger partial charge in [0.2, 0.25) is 0 Å². The highest BCUT2D eigenvalue weighted by Crippen LogP contribution is 2.60. The van der Waals surface area contributed by atoms with Crippen molar-refractivity contribution in [3.8, 4) is 0 Å². The van der Waals surface area contributed by atoms with Crippen LogP contribution in [0.2, 0.25) is 0 Å². The van der Waals surface area contributed by atoms with Crippen LogP contribution < -0.4 is 5.73 Å². The Kier molecular flexibility index (Phi) is 2.00. The standard InChI is InChI=1S/C14H24N2/c15-13-7-16(8-13)9-14-4-10-1-11(5-14)3-12(2-10)6-14/h10-13H,1-9,15H2. The first-order chi connectivity index (χ1) is 7.71. The number of hydrogen-bond acceptors (Lipinski definition) is 2. The van der Waals surface area contributed by atoms with Crippen LogP contribution in [-0.4, -0.2) is 30.6 Å². The van der Waals surface area contributed by atoms with Gasteiger partial charge in [0.15, 0.2) is 0 Å². The summed E-state index contributed by atoms with van der Waals surface area (Å²) < 4.78 is 0. The Balaban J connectivity index is 1.49. The molecule has 2 heteroatoms. The molecule has 16 heavy (non-hydrogen) atoms. The molecular weight excluding hydrogens is 196 g/mol. The third-order valence-electron chi connectivity index (χ3n) is 5.71. The zero-order chi connectivity index (χ0) is 10.8. The second-order valence-corrected chi connectivity index (χ2v) is 7.37. The molecule has 2 nitrogen and oxygen atoms in total. The van der Waals surface area contributed by atoms with E-state index in [9.17, 15) is 0 Å². The van der Waals surface area contributed by atoms with E-state index in [1.54, 1.807) is 38.5 Å². The van der Waals surface area contributed by atoms with Crippen molar-refractivity contribution in [2.75, 3.05) is 19.6 Å². The van der Waals surface area contributed by atoms with Crippen LogP contribution in [0.4, 0.5) is 0 Å². The van der Waals surface area contributed by atoms with E-state index < -0.39 is 0 Å². The first-order valence-corrected chi connectivity index (χ1v) is 7.19.